The van der Waals surface area contributed by atoms with Gasteiger partial charge >= 0.3 is 6.03 Å². The largest absolute Gasteiger partial charge is 0.508 e. The topological polar surface area (TPSA) is 55.8 Å². The van der Waals surface area contributed by atoms with Crippen molar-refractivity contribution < 1.29 is 9.90 Å². The summed E-state index contributed by atoms with van der Waals surface area (Å²) in [6, 6.07) is 16.7. The summed E-state index contributed by atoms with van der Waals surface area (Å²) in [5, 5.41) is 12.2. The number of carbonyl (C=O) groups is 1. The molecule has 0 bridgehead atoms. The normalized spacial score (nSPS) is 15.4. The van der Waals surface area contributed by atoms with Crippen LogP contribution in [0.2, 0.25) is 0 Å². The molecule has 0 aromatic heterocycles. The van der Waals surface area contributed by atoms with Gasteiger partial charge in [-0.25, -0.2) is 4.79 Å². The van der Waals surface area contributed by atoms with Crippen molar-refractivity contribution in [1.82, 2.24) is 9.80 Å². The summed E-state index contributed by atoms with van der Waals surface area (Å²) in [4.78, 5) is 16.5. The summed E-state index contributed by atoms with van der Waals surface area (Å²) < 4.78 is 0. The van der Waals surface area contributed by atoms with E-state index in [4.69, 9.17) is 0 Å². The number of nitrogens with zero attached hydrogens (tertiary/aromatic N) is 2. The SMILES string of the molecule is O=C(Nc1ccc(O)cc1)N1CCCN(Cc2ccccc2)C1. The van der Waals surface area contributed by atoms with E-state index in [1.54, 1.807) is 24.3 Å². The molecule has 1 aliphatic heterocycles. The summed E-state index contributed by atoms with van der Waals surface area (Å²) in [5.41, 5.74) is 1.95. The van der Waals surface area contributed by atoms with Gasteiger partial charge < -0.3 is 15.3 Å². The maximum Gasteiger partial charge on any atom is 0.322 e. The van der Waals surface area contributed by atoms with E-state index in [0.717, 1.165) is 26.1 Å². The van der Waals surface area contributed by atoms with Crippen molar-refractivity contribution in [3.05, 3.63) is 60.2 Å². The summed E-state index contributed by atoms with van der Waals surface area (Å²) in [6.45, 7) is 3.23. The third kappa shape index (κ3) is 4.23. The summed E-state index contributed by atoms with van der Waals surface area (Å²) in [6.07, 6.45) is 0.968. The molecule has 23 heavy (non-hydrogen) atoms. The molecular weight excluding hydrogens is 290 g/mol. The molecule has 1 heterocycles. The molecule has 5 nitrogen and oxygen atoms in total. The van der Waals surface area contributed by atoms with Gasteiger partial charge in [0.15, 0.2) is 0 Å². The lowest BCUT2D eigenvalue weighted by atomic mass is 10.2. The fourth-order valence-corrected chi connectivity index (χ4v) is 2.75. The Hall–Kier alpha value is -2.53. The summed E-state index contributed by atoms with van der Waals surface area (Å²) in [5.74, 6) is 0.190. The number of hydrogen-bond acceptors (Lipinski definition) is 3. The lowest BCUT2D eigenvalue weighted by Gasteiger charge is -2.35. The third-order valence-corrected chi connectivity index (χ3v) is 3.93. The standard InChI is InChI=1S/C18H21N3O2/c22-17-9-7-16(8-10-17)19-18(23)21-12-4-11-20(14-21)13-15-5-2-1-3-6-15/h1-3,5-10,22H,4,11-14H2,(H,19,23). The zero-order valence-corrected chi connectivity index (χ0v) is 13.0. The van der Waals surface area contributed by atoms with Crippen molar-refractivity contribution in [3.63, 3.8) is 0 Å². The Labute approximate surface area is 136 Å². The van der Waals surface area contributed by atoms with Crippen LogP contribution in [0.3, 0.4) is 0 Å². The average Bonchev–Trinajstić information content (AvgIpc) is 2.58. The summed E-state index contributed by atoms with van der Waals surface area (Å²) in [7, 11) is 0. The van der Waals surface area contributed by atoms with Gasteiger partial charge in [-0.05, 0) is 36.2 Å². The Balaban J connectivity index is 1.57. The average molecular weight is 311 g/mol. The van der Waals surface area contributed by atoms with Crippen LogP contribution in [0.15, 0.2) is 54.6 Å². The smallest absolute Gasteiger partial charge is 0.322 e. The molecule has 1 saturated heterocycles. The molecule has 2 N–H and O–H groups in total. The number of aromatic hydroxyl groups is 1. The number of anilines is 1. The van der Waals surface area contributed by atoms with Crippen LogP contribution < -0.4 is 5.32 Å². The van der Waals surface area contributed by atoms with Crippen molar-refractivity contribution in [1.29, 1.82) is 0 Å². The Morgan fingerprint density at radius 1 is 1.04 bits per heavy atom. The molecule has 120 valence electrons. The number of nitrogens with one attached hydrogen (secondary N) is 1. The molecule has 1 fully saturated rings. The second-order valence-electron chi connectivity index (χ2n) is 5.77. The maximum absolute atomic E-state index is 12.4. The van der Waals surface area contributed by atoms with Crippen molar-refractivity contribution in [2.75, 3.05) is 25.1 Å². The molecule has 0 spiro atoms. The number of amides is 2. The Bertz CT molecular complexity index is 643. The first kappa shape index (κ1) is 15.4. The van der Waals surface area contributed by atoms with Gasteiger partial charge in [0, 0.05) is 25.3 Å². The number of urea groups is 1. The van der Waals surface area contributed by atoms with Crippen LogP contribution in [0.5, 0.6) is 5.75 Å². The van der Waals surface area contributed by atoms with Crippen LogP contribution in [0.4, 0.5) is 10.5 Å². The van der Waals surface area contributed by atoms with Crippen molar-refractivity contribution in [3.8, 4) is 5.75 Å². The molecule has 3 rings (SSSR count). The second-order valence-corrected chi connectivity index (χ2v) is 5.77. The minimum Gasteiger partial charge on any atom is -0.508 e. The van der Waals surface area contributed by atoms with Gasteiger partial charge in [-0.1, -0.05) is 30.3 Å². The first-order chi connectivity index (χ1) is 11.2. The highest BCUT2D eigenvalue weighted by atomic mass is 16.3. The molecule has 0 saturated carbocycles. The second kappa shape index (κ2) is 7.15. The summed E-state index contributed by atoms with van der Waals surface area (Å²) >= 11 is 0. The van der Waals surface area contributed by atoms with Gasteiger partial charge in [-0.3, -0.25) is 4.90 Å². The quantitative estimate of drug-likeness (QED) is 0.857. The predicted octanol–water partition coefficient (Wildman–Crippen LogP) is 3.09. The molecule has 0 aliphatic carbocycles. The zero-order chi connectivity index (χ0) is 16.1. The van der Waals surface area contributed by atoms with Crippen molar-refractivity contribution in [2.45, 2.75) is 13.0 Å². The van der Waals surface area contributed by atoms with Crippen LogP contribution in [-0.2, 0) is 6.54 Å². The number of phenolic OH excluding ortho intramolecular Hbond substituents is 1. The third-order valence-electron chi connectivity index (χ3n) is 3.93. The van der Waals surface area contributed by atoms with Gasteiger partial charge in [0.2, 0.25) is 0 Å². The minimum atomic E-state index is -0.103. The highest BCUT2D eigenvalue weighted by Crippen LogP contribution is 2.16. The van der Waals surface area contributed by atoms with Crippen LogP contribution in [0, 0.1) is 0 Å². The number of phenols is 1. The number of hydrogen-bond donors (Lipinski definition) is 2. The van der Waals surface area contributed by atoms with E-state index in [0.29, 0.717) is 12.4 Å². The lowest BCUT2D eigenvalue weighted by Crippen LogP contribution is -2.48. The molecule has 2 aromatic carbocycles. The molecule has 5 heteroatoms. The molecule has 0 atom stereocenters. The van der Waals surface area contributed by atoms with Gasteiger partial charge in [0.25, 0.3) is 0 Å². The molecule has 0 radical (unpaired) electrons. The van der Waals surface area contributed by atoms with Gasteiger partial charge in [-0.2, -0.15) is 0 Å². The number of rotatable bonds is 3. The van der Waals surface area contributed by atoms with Crippen LogP contribution in [0.1, 0.15) is 12.0 Å². The van der Waals surface area contributed by atoms with Gasteiger partial charge in [0.05, 0.1) is 6.67 Å². The van der Waals surface area contributed by atoms with Gasteiger partial charge in [0.1, 0.15) is 5.75 Å². The molecule has 0 unspecified atom stereocenters. The number of benzene rings is 2. The maximum atomic E-state index is 12.4. The minimum absolute atomic E-state index is 0.103. The van der Waals surface area contributed by atoms with Crippen LogP contribution in [0.25, 0.3) is 0 Å². The van der Waals surface area contributed by atoms with Crippen molar-refractivity contribution in [2.24, 2.45) is 0 Å². The van der Waals surface area contributed by atoms with Crippen LogP contribution >= 0.6 is 0 Å². The fourth-order valence-electron chi connectivity index (χ4n) is 2.75. The Morgan fingerprint density at radius 3 is 2.52 bits per heavy atom. The zero-order valence-electron chi connectivity index (χ0n) is 13.0. The van der Waals surface area contributed by atoms with E-state index in [2.05, 4.69) is 22.3 Å². The van der Waals surface area contributed by atoms with Crippen LogP contribution in [-0.4, -0.2) is 40.7 Å². The predicted molar refractivity (Wildman–Crippen MR) is 90.2 cm³/mol. The molecule has 2 amide bonds. The monoisotopic (exact) mass is 311 g/mol. The van der Waals surface area contributed by atoms with E-state index in [1.165, 1.54) is 5.56 Å². The lowest BCUT2D eigenvalue weighted by molar-refractivity contribution is 0.105. The highest BCUT2D eigenvalue weighted by Gasteiger charge is 2.21. The first-order valence-electron chi connectivity index (χ1n) is 7.82. The number of carbonyl (C=O) groups excluding carboxylic acids is 1. The van der Waals surface area contributed by atoms with Gasteiger partial charge in [-0.15, -0.1) is 0 Å². The van der Waals surface area contributed by atoms with E-state index >= 15 is 0 Å². The Morgan fingerprint density at radius 2 is 1.78 bits per heavy atom. The fraction of sp³-hybridized carbons (Fsp3) is 0.278. The van der Waals surface area contributed by atoms with E-state index in [9.17, 15) is 9.90 Å². The first-order valence-corrected chi connectivity index (χ1v) is 7.82. The highest BCUT2D eigenvalue weighted by molar-refractivity contribution is 5.89. The Kier molecular flexibility index (Phi) is 4.78. The van der Waals surface area contributed by atoms with Crippen molar-refractivity contribution >= 4 is 11.7 Å². The van der Waals surface area contributed by atoms with E-state index in [1.807, 2.05) is 23.1 Å². The molecular formula is C18H21N3O2. The van der Waals surface area contributed by atoms with E-state index < -0.39 is 0 Å². The molecule has 1 aliphatic rings. The van der Waals surface area contributed by atoms with E-state index in [-0.39, 0.29) is 11.8 Å². The molecule has 2 aromatic rings.